The second-order valence-corrected chi connectivity index (χ2v) is 39.9. The molecule has 5 aliphatic heterocycles. The maximum absolute atomic E-state index is 15.7. The van der Waals surface area contributed by atoms with Crippen LogP contribution in [0, 0.1) is 23.2 Å². The first-order valence-corrected chi connectivity index (χ1v) is 51.1. The number of fused-ring (bicyclic) bond motifs is 1. The van der Waals surface area contributed by atoms with E-state index in [4.69, 9.17) is 28.3 Å². The molecule has 1 aromatic carbocycles. The Kier molecular flexibility index (Phi) is 49.1. The average Bonchev–Trinajstić information content (AvgIpc) is 1.64. The molecule has 0 radical (unpaired) electrons. The molecule has 0 spiro atoms. The van der Waals surface area contributed by atoms with Crippen LogP contribution in [0.4, 0.5) is 0 Å². The number of aliphatic hydroxyl groups excluding tert-OH is 1. The molecule has 5 saturated heterocycles. The number of primary amides is 1. The fraction of sp³-hybridized carbons (Fsp3) is 0.697. The molecule has 26 N–H and O–H groups in total. The van der Waals surface area contributed by atoms with Gasteiger partial charge in [0.1, 0.15) is 103 Å². The SMILES string of the molecule is CSCC[C@H](NC(=O)[C@@H]1CCCN1C(=O)[C@@H](NC(C)=O)C(C)C)C(=O)N[C@H]1CSSC[C@@H](C(=O)N[C@@H](CCCCN)C(=O)N2CCC[C@H]2C(=O)N2CCC[C@H]2C(=O)N[C@@H](CCC(=O)O)C(N)=O)NC(=O)[C@H](Cc2ccccc2)NC(=O)[C@H](CO)NC(=O)[C@H](CC(=O)O)NC(=O)[C@@H]2CCCN2C(=O)[C@H](CC(C)C)NC(=O)[C@H](CCCCN)NC(=O)[C@H](CCCNC(=N)N)NC(=O)[C@H](CC(C)C)NC1=O. The fourth-order valence-electron chi connectivity index (χ4n) is 17.0. The Hall–Kier alpha value is -11.2. The van der Waals surface area contributed by atoms with E-state index in [1.165, 1.54) is 33.4 Å². The number of nitrogens with one attached hydrogen (secondary N) is 15. The van der Waals surface area contributed by atoms with Gasteiger partial charge in [-0.05, 0) is 177 Å². The lowest BCUT2D eigenvalue weighted by Crippen LogP contribution is -2.62. The number of carboxylic acid groups (broad SMARTS) is 2. The van der Waals surface area contributed by atoms with Crippen LogP contribution in [0.3, 0.4) is 0 Å². The Bertz CT molecular complexity index is 4390. The van der Waals surface area contributed by atoms with Crippen LogP contribution in [0.25, 0.3) is 0 Å². The number of hydrogen-bond donors (Lipinski definition) is 22. The van der Waals surface area contributed by atoms with Gasteiger partial charge in [0.05, 0.1) is 13.0 Å². The quantitative estimate of drug-likeness (QED) is 0.0128. The molecule has 49 heteroatoms. The number of nitrogens with two attached hydrogens (primary N) is 4. The number of benzene rings is 1. The van der Waals surface area contributed by atoms with Crippen LogP contribution in [0.5, 0.6) is 0 Å². The molecule has 0 aliphatic carbocycles. The van der Waals surface area contributed by atoms with Gasteiger partial charge in [0, 0.05) is 64.0 Å². The summed E-state index contributed by atoms with van der Waals surface area (Å²) in [5, 5.41) is 75.4. The van der Waals surface area contributed by atoms with Crippen molar-refractivity contribution in [3.63, 3.8) is 0 Å². The average molecular weight is 2000 g/mol. The largest absolute Gasteiger partial charge is 0.481 e. The predicted octanol–water partition coefficient (Wildman–Crippen LogP) is -4.25. The molecule has 5 fully saturated rings. The number of rotatable bonds is 41. The molecule has 0 aromatic heterocycles. The van der Waals surface area contributed by atoms with Crippen molar-refractivity contribution in [2.24, 2.45) is 40.7 Å². The molecule has 770 valence electrons. The van der Waals surface area contributed by atoms with Gasteiger partial charge in [-0.15, -0.1) is 0 Å². The highest BCUT2D eigenvalue weighted by molar-refractivity contribution is 8.76. The lowest BCUT2D eigenvalue weighted by molar-refractivity contribution is -0.148. The van der Waals surface area contributed by atoms with E-state index in [1.807, 2.05) is 0 Å². The molecule has 46 nitrogen and oxygen atoms in total. The van der Waals surface area contributed by atoms with E-state index in [-0.39, 0.29) is 160 Å². The summed E-state index contributed by atoms with van der Waals surface area (Å²) in [6.45, 7) is 10.7. The van der Waals surface area contributed by atoms with Crippen molar-refractivity contribution in [1.29, 1.82) is 5.41 Å². The second-order valence-electron chi connectivity index (χ2n) is 36.4. The van der Waals surface area contributed by atoms with E-state index < -0.39 is 276 Å². The summed E-state index contributed by atoms with van der Waals surface area (Å²) in [6.07, 6.45) is 1.08. The first-order chi connectivity index (χ1) is 65.5. The molecular formula is C89H143N23O23S3. The van der Waals surface area contributed by atoms with E-state index in [9.17, 15) is 72.9 Å². The third-order valence-corrected chi connectivity index (χ3v) is 27.2. The Balaban J connectivity index is 1.53. The number of thioether (sulfide) groups is 1. The number of aliphatic hydroxyl groups is 1. The second kappa shape index (κ2) is 58.7. The lowest BCUT2D eigenvalue weighted by Gasteiger charge is -2.33. The van der Waals surface area contributed by atoms with Crippen LogP contribution in [-0.4, -0.2) is 338 Å². The van der Waals surface area contributed by atoms with Gasteiger partial charge in [-0.25, -0.2) is 0 Å². The summed E-state index contributed by atoms with van der Waals surface area (Å²) < 4.78 is 0. The van der Waals surface area contributed by atoms with Gasteiger partial charge in [0.15, 0.2) is 5.96 Å². The number of hydrogen-bond acceptors (Lipinski definition) is 27. The number of guanidine groups is 1. The number of unbranched alkanes of at least 4 members (excludes halogenated alkanes) is 2. The Morgan fingerprint density at radius 2 is 1.03 bits per heavy atom. The highest BCUT2D eigenvalue weighted by Crippen LogP contribution is 2.30. The van der Waals surface area contributed by atoms with Gasteiger partial charge in [0.25, 0.3) is 0 Å². The first kappa shape index (κ1) is 116. The summed E-state index contributed by atoms with van der Waals surface area (Å²) in [7, 11) is 1.62. The number of nitrogens with zero attached hydrogens (tertiary/aromatic N) is 4. The van der Waals surface area contributed by atoms with E-state index in [0.29, 0.717) is 31.2 Å². The number of carbonyl (C=O) groups is 20. The third kappa shape index (κ3) is 36.9. The molecule has 5 heterocycles. The normalized spacial score (nSPS) is 24.2. The van der Waals surface area contributed by atoms with Crippen LogP contribution in [0.1, 0.15) is 195 Å². The zero-order valence-corrected chi connectivity index (χ0v) is 82.3. The number of amides is 18. The maximum Gasteiger partial charge on any atom is 0.305 e. The summed E-state index contributed by atoms with van der Waals surface area (Å²) in [5.41, 5.74) is 23.5. The van der Waals surface area contributed by atoms with E-state index >= 15 is 38.4 Å². The molecule has 5 aliphatic rings. The summed E-state index contributed by atoms with van der Waals surface area (Å²) in [5.74, 6) is -21.8. The van der Waals surface area contributed by atoms with Gasteiger partial charge in [-0.1, -0.05) is 93.5 Å². The predicted molar refractivity (Wildman–Crippen MR) is 512 cm³/mol. The zero-order valence-electron chi connectivity index (χ0n) is 79.8. The monoisotopic (exact) mass is 2000 g/mol. The van der Waals surface area contributed by atoms with Crippen molar-refractivity contribution in [1.82, 2.24) is 94.0 Å². The summed E-state index contributed by atoms with van der Waals surface area (Å²) in [4.78, 5) is 294. The number of carbonyl (C=O) groups excluding carboxylic acids is 18. The van der Waals surface area contributed by atoms with Crippen LogP contribution < -0.4 is 97.4 Å². The fourth-order valence-corrected chi connectivity index (χ4v) is 19.8. The standard InChI is InChI=1S/C89H143N23O23S3/c1-48(2)41-58-76(123)99-55(25-16-35-95-89(93)94)73(120)98-54(23-12-14-33-90)74(121)105-61(42-49(3)4)86(133)109-36-17-26-65(109)84(131)104-60(44-70(117)118)78(125)106-62(45-113)79(126)103-59(43-52-21-10-9-11-22-52)77(124)108-63(46-137-138-47-64(81(128)102-58)107-75(122)56(32-40-136-8)100-83(130)67-28-19-38-111(67)88(135)71(50(5)6)96-51(7)114)80(127)101-57(24-13-15-34-91)85(132)112-39-20-29-68(112)87(134)110-37-18-27-66(110)82(129)97-53(72(92)119)30-31-69(115)116/h9-11,21-22,48-50,53-68,71,113H,12-20,23-47,90-91H2,1-8H3,(H2,92,119)(H,96,114)(H,97,129)(H,98,120)(H,99,123)(H,100,130)(H,101,127)(H,102,128)(H,103,126)(H,104,131)(H,105,121)(H,106,125)(H,107,122)(H,108,124)(H,115,116)(H,117,118)(H4,93,94,95)/t53-,54-,55-,56-,57-,58-,59-,60-,61-,62-,63-,64-,65-,66-,67-,68-,71-/m0/s1. The Labute approximate surface area is 815 Å². The number of aliphatic carboxylic acids is 2. The topological polar surface area (TPSA) is 711 Å². The van der Waals surface area contributed by atoms with Crippen molar-refractivity contribution in [2.75, 3.05) is 75.9 Å². The number of carboxylic acids is 2. The molecular weight excluding hydrogens is 1860 g/mol. The minimum absolute atomic E-state index is 0.0169. The Morgan fingerprint density at radius 3 is 1.61 bits per heavy atom. The van der Waals surface area contributed by atoms with Crippen LogP contribution in [-0.2, 0) is 102 Å². The van der Waals surface area contributed by atoms with Crippen molar-refractivity contribution in [2.45, 2.75) is 299 Å². The van der Waals surface area contributed by atoms with Gasteiger partial charge in [-0.2, -0.15) is 11.8 Å². The molecule has 6 rings (SSSR count). The van der Waals surface area contributed by atoms with E-state index in [0.717, 1.165) is 26.5 Å². The van der Waals surface area contributed by atoms with Gasteiger partial charge < -0.3 is 132 Å². The van der Waals surface area contributed by atoms with E-state index in [2.05, 4.69) is 74.4 Å². The van der Waals surface area contributed by atoms with Crippen LogP contribution in [0.2, 0.25) is 0 Å². The summed E-state index contributed by atoms with van der Waals surface area (Å²) in [6, 6.07) is -17.8. The van der Waals surface area contributed by atoms with Crippen molar-refractivity contribution >= 4 is 158 Å². The lowest BCUT2D eigenvalue weighted by atomic mass is 10.00. The summed E-state index contributed by atoms with van der Waals surface area (Å²) >= 11 is 1.30. The van der Waals surface area contributed by atoms with Crippen molar-refractivity contribution in [3.8, 4) is 0 Å². The highest BCUT2D eigenvalue weighted by atomic mass is 33.1. The van der Waals surface area contributed by atoms with Crippen molar-refractivity contribution in [3.05, 3.63) is 35.9 Å². The highest BCUT2D eigenvalue weighted by Gasteiger charge is 2.48. The Morgan fingerprint density at radius 1 is 0.522 bits per heavy atom. The van der Waals surface area contributed by atoms with Crippen LogP contribution >= 0.6 is 33.3 Å². The molecule has 18 amide bonds. The van der Waals surface area contributed by atoms with Crippen LogP contribution in [0.15, 0.2) is 30.3 Å². The van der Waals surface area contributed by atoms with E-state index in [1.54, 1.807) is 78.1 Å². The third-order valence-electron chi connectivity index (χ3n) is 24.2. The molecule has 1 aromatic rings. The van der Waals surface area contributed by atoms with Gasteiger partial charge in [0.2, 0.25) is 106 Å². The molecule has 17 atom stereocenters. The molecule has 0 bridgehead atoms. The molecule has 0 unspecified atom stereocenters. The first-order valence-electron chi connectivity index (χ1n) is 47.3. The minimum Gasteiger partial charge on any atom is -0.481 e. The van der Waals surface area contributed by atoms with Crippen molar-refractivity contribution < 1.29 is 111 Å². The van der Waals surface area contributed by atoms with Gasteiger partial charge in [-0.3, -0.25) is 101 Å². The molecule has 0 saturated carbocycles. The zero-order chi connectivity index (χ0) is 102. The van der Waals surface area contributed by atoms with Gasteiger partial charge >= 0.3 is 11.9 Å². The molecule has 138 heavy (non-hydrogen) atoms. The minimum atomic E-state index is -2.04. The number of likely N-dealkylation sites (tertiary alicyclic amines) is 3. The smallest absolute Gasteiger partial charge is 0.305 e. The maximum atomic E-state index is 15.7.